The summed E-state index contributed by atoms with van der Waals surface area (Å²) in [6.07, 6.45) is 3.31. The number of thiophene rings is 1. The van der Waals surface area contributed by atoms with Crippen LogP contribution in [0.2, 0.25) is 0 Å². The first-order valence-electron chi connectivity index (χ1n) is 5.44. The largest absolute Gasteiger partial charge is 0.370 e. The third-order valence-electron chi connectivity index (χ3n) is 3.39. The van der Waals surface area contributed by atoms with Crippen LogP contribution in [-0.2, 0) is 16.8 Å². The Hall–Kier alpha value is 0.1000. The summed E-state index contributed by atoms with van der Waals surface area (Å²) >= 11 is 5.46. The second kappa shape index (κ2) is 3.84. The average Bonchev–Trinajstić information content (AvgIpc) is 2.62. The van der Waals surface area contributed by atoms with E-state index >= 15 is 0 Å². The van der Waals surface area contributed by atoms with Gasteiger partial charge in [-0.25, -0.2) is 0 Å². The van der Waals surface area contributed by atoms with Crippen molar-refractivity contribution in [2.75, 3.05) is 19.7 Å². The number of halogens is 1. The Morgan fingerprint density at radius 3 is 3.00 bits per heavy atom. The normalized spacial score (nSPS) is 24.1. The lowest BCUT2D eigenvalue weighted by Gasteiger charge is -2.40. The van der Waals surface area contributed by atoms with E-state index in [4.69, 9.17) is 4.74 Å². The molecule has 4 heteroatoms. The number of hydrogen-bond acceptors (Lipinski definition) is 3. The van der Waals surface area contributed by atoms with Gasteiger partial charge in [0.1, 0.15) is 0 Å². The molecule has 82 valence electrons. The van der Waals surface area contributed by atoms with E-state index in [0.29, 0.717) is 0 Å². The van der Waals surface area contributed by atoms with Crippen LogP contribution in [0, 0.1) is 0 Å². The maximum absolute atomic E-state index is 6.09. The minimum absolute atomic E-state index is 0.0291. The topological polar surface area (TPSA) is 21.3 Å². The molecular formula is C11H14BrNOS. The van der Waals surface area contributed by atoms with Gasteiger partial charge in [0, 0.05) is 11.3 Å². The second-order valence-electron chi connectivity index (χ2n) is 4.23. The third-order valence-corrected chi connectivity index (χ3v) is 5.09. The molecule has 2 aliphatic heterocycles. The van der Waals surface area contributed by atoms with Crippen molar-refractivity contribution in [1.82, 2.24) is 5.32 Å². The summed E-state index contributed by atoms with van der Waals surface area (Å²) in [6.45, 7) is 3.04. The van der Waals surface area contributed by atoms with E-state index in [1.54, 1.807) is 0 Å². The summed E-state index contributed by atoms with van der Waals surface area (Å²) in [5, 5.41) is 3.41. The number of hydrogen-bond donors (Lipinski definition) is 1. The van der Waals surface area contributed by atoms with Crippen LogP contribution in [0.4, 0.5) is 0 Å². The fraction of sp³-hybridized carbons (Fsp3) is 0.636. The molecule has 1 N–H and O–H groups in total. The van der Waals surface area contributed by atoms with Gasteiger partial charge in [-0.15, -0.1) is 11.3 Å². The predicted molar refractivity (Wildman–Crippen MR) is 65.5 cm³/mol. The van der Waals surface area contributed by atoms with Crippen LogP contribution in [0.5, 0.6) is 0 Å². The summed E-state index contributed by atoms with van der Waals surface area (Å²) in [6, 6.07) is 2.27. The molecule has 0 aliphatic carbocycles. The molecule has 3 heterocycles. The Kier molecular flexibility index (Phi) is 2.63. The number of fused-ring (bicyclic) bond motifs is 2. The molecule has 0 bridgehead atoms. The standard InChI is InChI=1S/C11H14BrNOS/c12-10-7-8-9(15-10)1-6-14-11(8)2-4-13-5-3-11/h7,13H,1-6H2. The van der Waals surface area contributed by atoms with Gasteiger partial charge in [0.05, 0.1) is 16.0 Å². The van der Waals surface area contributed by atoms with E-state index < -0.39 is 0 Å². The van der Waals surface area contributed by atoms with Gasteiger partial charge in [-0.2, -0.15) is 0 Å². The highest BCUT2D eigenvalue weighted by atomic mass is 79.9. The van der Waals surface area contributed by atoms with Gasteiger partial charge in [0.25, 0.3) is 0 Å². The average molecular weight is 288 g/mol. The zero-order valence-electron chi connectivity index (χ0n) is 8.51. The van der Waals surface area contributed by atoms with Gasteiger partial charge in [0.15, 0.2) is 0 Å². The van der Waals surface area contributed by atoms with E-state index in [-0.39, 0.29) is 5.60 Å². The van der Waals surface area contributed by atoms with E-state index in [1.807, 2.05) is 11.3 Å². The van der Waals surface area contributed by atoms with Crippen molar-refractivity contribution in [1.29, 1.82) is 0 Å². The van der Waals surface area contributed by atoms with Crippen LogP contribution in [0.25, 0.3) is 0 Å². The molecule has 1 aromatic heterocycles. The van der Waals surface area contributed by atoms with Crippen LogP contribution in [-0.4, -0.2) is 19.7 Å². The molecule has 1 aromatic rings. The van der Waals surface area contributed by atoms with Crippen LogP contribution in [0.15, 0.2) is 9.85 Å². The fourth-order valence-corrected chi connectivity index (χ4v) is 4.40. The molecule has 0 amide bonds. The molecule has 1 spiro atoms. The molecule has 2 nitrogen and oxygen atoms in total. The molecule has 0 unspecified atom stereocenters. The Labute approximate surface area is 102 Å². The number of nitrogens with one attached hydrogen (secondary N) is 1. The molecule has 0 saturated carbocycles. The Morgan fingerprint density at radius 1 is 1.40 bits per heavy atom. The van der Waals surface area contributed by atoms with Gasteiger partial charge in [-0.05, 0) is 53.5 Å². The summed E-state index contributed by atoms with van der Waals surface area (Å²) in [4.78, 5) is 1.52. The third kappa shape index (κ3) is 1.68. The summed E-state index contributed by atoms with van der Waals surface area (Å²) in [7, 11) is 0. The van der Waals surface area contributed by atoms with Crippen molar-refractivity contribution in [2.45, 2.75) is 24.9 Å². The fourth-order valence-electron chi connectivity index (χ4n) is 2.63. The van der Waals surface area contributed by atoms with Gasteiger partial charge in [-0.1, -0.05) is 0 Å². The van der Waals surface area contributed by atoms with E-state index in [2.05, 4.69) is 27.3 Å². The highest BCUT2D eigenvalue weighted by Gasteiger charge is 2.39. The maximum atomic E-state index is 6.09. The summed E-state index contributed by atoms with van der Waals surface area (Å²) < 4.78 is 7.34. The van der Waals surface area contributed by atoms with Crippen molar-refractivity contribution in [3.8, 4) is 0 Å². The SMILES string of the molecule is Brc1cc2c(s1)CCOC21CCNCC1. The molecular weight excluding hydrogens is 274 g/mol. The number of ether oxygens (including phenoxy) is 1. The van der Waals surface area contributed by atoms with Gasteiger partial charge in [0.2, 0.25) is 0 Å². The number of rotatable bonds is 0. The first-order valence-corrected chi connectivity index (χ1v) is 7.04. The van der Waals surface area contributed by atoms with Crippen LogP contribution in [0.3, 0.4) is 0 Å². The van der Waals surface area contributed by atoms with Crippen molar-refractivity contribution in [2.24, 2.45) is 0 Å². The molecule has 0 aromatic carbocycles. The molecule has 3 rings (SSSR count). The highest BCUT2D eigenvalue weighted by Crippen LogP contribution is 2.44. The van der Waals surface area contributed by atoms with Gasteiger partial charge >= 0.3 is 0 Å². The Bertz CT molecular complexity index is 371. The Morgan fingerprint density at radius 2 is 2.20 bits per heavy atom. The highest BCUT2D eigenvalue weighted by molar-refractivity contribution is 9.11. The zero-order chi connectivity index (χ0) is 10.3. The van der Waals surface area contributed by atoms with Crippen molar-refractivity contribution in [3.63, 3.8) is 0 Å². The Balaban J connectivity index is 2.03. The number of piperidine rings is 1. The molecule has 2 aliphatic rings. The lowest BCUT2D eigenvalue weighted by Crippen LogP contribution is -2.44. The lowest BCUT2D eigenvalue weighted by molar-refractivity contribution is -0.0792. The summed E-state index contributed by atoms with van der Waals surface area (Å²) in [5.41, 5.74) is 1.48. The smallest absolute Gasteiger partial charge is 0.0966 e. The van der Waals surface area contributed by atoms with Gasteiger partial charge < -0.3 is 10.1 Å². The second-order valence-corrected chi connectivity index (χ2v) is 6.75. The molecule has 0 atom stereocenters. The lowest BCUT2D eigenvalue weighted by atomic mass is 9.83. The van der Waals surface area contributed by atoms with Crippen LogP contribution in [0.1, 0.15) is 23.3 Å². The van der Waals surface area contributed by atoms with E-state index in [1.165, 1.54) is 14.2 Å². The minimum Gasteiger partial charge on any atom is -0.370 e. The first-order chi connectivity index (χ1) is 7.30. The summed E-state index contributed by atoms with van der Waals surface area (Å²) in [5.74, 6) is 0. The monoisotopic (exact) mass is 287 g/mol. The van der Waals surface area contributed by atoms with Crippen molar-refractivity contribution in [3.05, 3.63) is 20.3 Å². The van der Waals surface area contributed by atoms with Gasteiger partial charge in [-0.3, -0.25) is 0 Å². The molecule has 15 heavy (non-hydrogen) atoms. The zero-order valence-corrected chi connectivity index (χ0v) is 10.9. The van der Waals surface area contributed by atoms with Crippen LogP contribution < -0.4 is 5.32 Å². The van der Waals surface area contributed by atoms with E-state index in [9.17, 15) is 0 Å². The molecule has 1 fully saturated rings. The predicted octanol–water partition coefficient (Wildman–Crippen LogP) is 2.66. The minimum atomic E-state index is 0.0291. The van der Waals surface area contributed by atoms with Crippen molar-refractivity contribution >= 4 is 27.3 Å². The van der Waals surface area contributed by atoms with Crippen LogP contribution >= 0.6 is 27.3 Å². The maximum Gasteiger partial charge on any atom is 0.0966 e. The van der Waals surface area contributed by atoms with E-state index in [0.717, 1.165) is 39.0 Å². The first kappa shape index (κ1) is 10.3. The quantitative estimate of drug-likeness (QED) is 0.792. The van der Waals surface area contributed by atoms with Crippen molar-refractivity contribution < 1.29 is 4.74 Å². The molecule has 0 radical (unpaired) electrons. The molecule has 1 saturated heterocycles.